The van der Waals surface area contributed by atoms with Gasteiger partial charge < -0.3 is 29.4 Å². The third kappa shape index (κ3) is 5.08. The Morgan fingerprint density at radius 1 is 1.15 bits per heavy atom. The highest BCUT2D eigenvalue weighted by atomic mass is 35.5. The lowest BCUT2D eigenvalue weighted by Crippen LogP contribution is -2.40. The number of nitrogens with one attached hydrogen (secondary N) is 2. The first-order valence-corrected chi connectivity index (χ1v) is 11.7. The molecule has 1 saturated heterocycles. The van der Waals surface area contributed by atoms with Gasteiger partial charge >= 0.3 is 0 Å². The Hall–Kier alpha value is -2.81. The number of rotatable bonds is 5. The zero-order valence-electron chi connectivity index (χ0n) is 17.9. The highest BCUT2D eigenvalue weighted by Gasteiger charge is 2.23. The molecule has 3 aromatic rings. The molecule has 5 rings (SSSR count). The Morgan fingerprint density at radius 3 is 2.73 bits per heavy atom. The number of hydrogen-bond acceptors (Lipinski definition) is 5. The summed E-state index contributed by atoms with van der Waals surface area (Å²) in [6.07, 6.45) is 2.06. The van der Waals surface area contributed by atoms with E-state index in [0.717, 1.165) is 30.5 Å². The molecule has 1 fully saturated rings. The van der Waals surface area contributed by atoms with Gasteiger partial charge in [-0.2, -0.15) is 0 Å². The van der Waals surface area contributed by atoms with Crippen LogP contribution in [0.5, 0.6) is 11.5 Å². The molecule has 0 amide bonds. The van der Waals surface area contributed by atoms with Crippen molar-refractivity contribution in [3.05, 3.63) is 63.4 Å². The van der Waals surface area contributed by atoms with Crippen LogP contribution in [0.1, 0.15) is 18.4 Å². The highest BCUT2D eigenvalue weighted by molar-refractivity contribution is 7.80. The Balaban J connectivity index is 1.42. The van der Waals surface area contributed by atoms with E-state index in [-0.39, 0.29) is 11.7 Å². The van der Waals surface area contributed by atoms with Crippen molar-refractivity contribution in [3.8, 4) is 11.5 Å². The van der Waals surface area contributed by atoms with Crippen molar-refractivity contribution in [2.45, 2.75) is 25.5 Å². The van der Waals surface area contributed by atoms with Gasteiger partial charge in [0.2, 0.25) is 0 Å². The molecule has 0 unspecified atom stereocenters. The number of ether oxygens (including phenoxy) is 3. The first kappa shape index (κ1) is 22.0. The number of aromatic amines is 1. The molecule has 2 aliphatic heterocycles. The maximum absolute atomic E-state index is 12.9. The summed E-state index contributed by atoms with van der Waals surface area (Å²) < 4.78 is 17.2. The number of nitrogens with zero attached hydrogens (tertiary/aromatic N) is 1. The minimum absolute atomic E-state index is 0.0706. The SMILES string of the molecule is O=c1[nH]c2cc3c(cc2cc1CN(C[C@H]1CCCO1)C(=S)Nc1cccc(Cl)c1)OCCO3. The quantitative estimate of drug-likeness (QED) is 0.521. The summed E-state index contributed by atoms with van der Waals surface area (Å²) in [7, 11) is 0. The first-order valence-electron chi connectivity index (χ1n) is 10.9. The van der Waals surface area contributed by atoms with Crippen LogP contribution >= 0.6 is 23.8 Å². The van der Waals surface area contributed by atoms with E-state index in [9.17, 15) is 4.79 Å². The van der Waals surface area contributed by atoms with E-state index < -0.39 is 0 Å². The number of benzene rings is 2. The third-order valence-corrected chi connectivity index (χ3v) is 6.35. The van der Waals surface area contributed by atoms with Crippen LogP contribution < -0.4 is 20.3 Å². The summed E-state index contributed by atoms with van der Waals surface area (Å²) in [6.45, 7) is 2.68. The van der Waals surface area contributed by atoms with Gasteiger partial charge in [-0.15, -0.1) is 0 Å². The molecule has 9 heteroatoms. The second kappa shape index (κ2) is 9.59. The van der Waals surface area contributed by atoms with Gasteiger partial charge in [0.1, 0.15) is 13.2 Å². The summed E-state index contributed by atoms with van der Waals surface area (Å²) >= 11 is 11.8. The molecule has 33 heavy (non-hydrogen) atoms. The van der Waals surface area contributed by atoms with E-state index in [0.29, 0.717) is 59.0 Å². The van der Waals surface area contributed by atoms with Crippen LogP contribution in [0.25, 0.3) is 10.9 Å². The van der Waals surface area contributed by atoms with Gasteiger partial charge in [-0.25, -0.2) is 0 Å². The van der Waals surface area contributed by atoms with Gasteiger partial charge in [-0.1, -0.05) is 17.7 Å². The van der Waals surface area contributed by atoms with E-state index in [4.69, 9.17) is 38.0 Å². The van der Waals surface area contributed by atoms with E-state index in [1.165, 1.54) is 0 Å². The molecule has 1 aromatic heterocycles. The molecule has 1 atom stereocenters. The zero-order chi connectivity index (χ0) is 22.8. The molecular weight excluding hydrogens is 462 g/mol. The lowest BCUT2D eigenvalue weighted by Gasteiger charge is -2.28. The fourth-order valence-electron chi connectivity index (χ4n) is 4.13. The van der Waals surface area contributed by atoms with Crippen molar-refractivity contribution >= 4 is 45.5 Å². The maximum Gasteiger partial charge on any atom is 0.253 e. The number of hydrogen-bond donors (Lipinski definition) is 2. The van der Waals surface area contributed by atoms with E-state index in [2.05, 4.69) is 10.3 Å². The van der Waals surface area contributed by atoms with Crippen molar-refractivity contribution in [2.75, 3.05) is 31.7 Å². The van der Waals surface area contributed by atoms with Crippen molar-refractivity contribution in [1.82, 2.24) is 9.88 Å². The van der Waals surface area contributed by atoms with Crippen LogP contribution in [0.3, 0.4) is 0 Å². The largest absolute Gasteiger partial charge is 0.486 e. The molecule has 0 radical (unpaired) electrons. The summed E-state index contributed by atoms with van der Waals surface area (Å²) in [4.78, 5) is 17.9. The third-order valence-electron chi connectivity index (χ3n) is 5.76. The molecule has 2 aromatic carbocycles. The van der Waals surface area contributed by atoms with Crippen LogP contribution in [0.15, 0.2) is 47.3 Å². The Morgan fingerprint density at radius 2 is 1.97 bits per heavy atom. The number of pyridine rings is 1. The molecule has 2 N–H and O–H groups in total. The summed E-state index contributed by atoms with van der Waals surface area (Å²) in [6, 6.07) is 13.0. The molecular formula is C24H24ClN3O4S. The van der Waals surface area contributed by atoms with Crippen LogP contribution in [-0.4, -0.2) is 47.5 Å². The number of H-pyrrole nitrogens is 1. The smallest absolute Gasteiger partial charge is 0.253 e. The average Bonchev–Trinajstić information content (AvgIpc) is 3.31. The minimum Gasteiger partial charge on any atom is -0.486 e. The number of anilines is 1. The second-order valence-electron chi connectivity index (χ2n) is 8.16. The van der Waals surface area contributed by atoms with Gasteiger partial charge in [0, 0.05) is 40.9 Å². The molecule has 3 heterocycles. The number of fused-ring (bicyclic) bond motifs is 2. The monoisotopic (exact) mass is 485 g/mol. The molecule has 172 valence electrons. The normalized spacial score (nSPS) is 17.2. The fourth-order valence-corrected chi connectivity index (χ4v) is 4.58. The number of halogens is 1. The van der Waals surface area contributed by atoms with Gasteiger partial charge in [0.05, 0.1) is 18.2 Å². The van der Waals surface area contributed by atoms with Gasteiger partial charge in [-0.05, 0) is 55.4 Å². The lowest BCUT2D eigenvalue weighted by atomic mass is 10.1. The summed E-state index contributed by atoms with van der Waals surface area (Å²) in [5.41, 5.74) is 1.94. The van der Waals surface area contributed by atoms with Gasteiger partial charge in [0.15, 0.2) is 16.6 Å². The zero-order valence-corrected chi connectivity index (χ0v) is 19.5. The van der Waals surface area contributed by atoms with Crippen molar-refractivity contribution in [1.29, 1.82) is 0 Å². The number of aromatic nitrogens is 1. The topological polar surface area (TPSA) is 75.8 Å². The standard InChI is InChI=1S/C24H24ClN3O4S/c25-17-3-1-4-18(11-17)26-24(33)28(14-19-5-2-6-30-19)13-16-9-15-10-21-22(32-8-7-31-21)12-20(15)27-23(16)29/h1,3-4,9-12,19H,2,5-8,13-14H2,(H,26,33)(H,27,29)/t19-/m1/s1. The minimum atomic E-state index is -0.165. The van der Waals surface area contributed by atoms with Crippen LogP contribution in [0.4, 0.5) is 5.69 Å². The second-order valence-corrected chi connectivity index (χ2v) is 8.99. The van der Waals surface area contributed by atoms with Crippen molar-refractivity contribution in [3.63, 3.8) is 0 Å². The number of thiocarbonyl (C=S) groups is 1. The maximum atomic E-state index is 12.9. The Kier molecular flexibility index (Phi) is 6.39. The van der Waals surface area contributed by atoms with E-state index >= 15 is 0 Å². The molecule has 0 spiro atoms. The molecule has 0 aliphatic carbocycles. The Bertz CT molecular complexity index is 1240. The molecule has 2 aliphatic rings. The first-order chi connectivity index (χ1) is 16.0. The van der Waals surface area contributed by atoms with Crippen molar-refractivity contribution in [2.24, 2.45) is 0 Å². The summed E-state index contributed by atoms with van der Waals surface area (Å²) in [5, 5.41) is 5.25. The van der Waals surface area contributed by atoms with Gasteiger partial charge in [-0.3, -0.25) is 4.79 Å². The van der Waals surface area contributed by atoms with Crippen molar-refractivity contribution < 1.29 is 14.2 Å². The van der Waals surface area contributed by atoms with E-state index in [1.807, 2.05) is 47.4 Å². The van der Waals surface area contributed by atoms with Gasteiger partial charge in [0.25, 0.3) is 5.56 Å². The van der Waals surface area contributed by atoms with Crippen LogP contribution in [0.2, 0.25) is 5.02 Å². The highest BCUT2D eigenvalue weighted by Crippen LogP contribution is 2.33. The average molecular weight is 486 g/mol. The molecule has 0 bridgehead atoms. The van der Waals surface area contributed by atoms with Crippen LogP contribution in [0, 0.1) is 0 Å². The molecule has 0 saturated carbocycles. The predicted octanol–water partition coefficient (Wildman–Crippen LogP) is 4.33. The molecule has 7 nitrogen and oxygen atoms in total. The van der Waals surface area contributed by atoms with E-state index in [1.54, 1.807) is 0 Å². The lowest BCUT2D eigenvalue weighted by molar-refractivity contribution is 0.0904. The summed E-state index contributed by atoms with van der Waals surface area (Å²) in [5.74, 6) is 1.32. The predicted molar refractivity (Wildman–Crippen MR) is 133 cm³/mol. The Labute approximate surface area is 201 Å². The fraction of sp³-hybridized carbons (Fsp3) is 0.333. The van der Waals surface area contributed by atoms with Crippen LogP contribution in [-0.2, 0) is 11.3 Å².